The van der Waals surface area contributed by atoms with E-state index in [9.17, 15) is 9.59 Å². The molecular weight excluding hydrogens is 418 g/mol. The van der Waals surface area contributed by atoms with Crippen LogP contribution in [-0.2, 0) is 13.0 Å². The van der Waals surface area contributed by atoms with Crippen LogP contribution in [0.2, 0.25) is 0 Å². The van der Waals surface area contributed by atoms with Crippen LogP contribution < -0.4 is 16.2 Å². The molecule has 33 heavy (non-hydrogen) atoms. The first kappa shape index (κ1) is 19.8. The van der Waals surface area contributed by atoms with E-state index in [-0.39, 0.29) is 17.4 Å². The summed E-state index contributed by atoms with van der Waals surface area (Å²) in [5.41, 5.74) is 4.19. The maximum absolute atomic E-state index is 13.2. The predicted molar refractivity (Wildman–Crippen MR) is 124 cm³/mol. The summed E-state index contributed by atoms with van der Waals surface area (Å²) in [6.45, 7) is 3.32. The van der Waals surface area contributed by atoms with Gasteiger partial charge in [0, 0.05) is 25.4 Å². The molecule has 1 saturated carbocycles. The Morgan fingerprint density at radius 2 is 2.03 bits per heavy atom. The fourth-order valence-corrected chi connectivity index (χ4v) is 4.35. The summed E-state index contributed by atoms with van der Waals surface area (Å²) in [7, 11) is 0. The number of hydrogen-bond acceptors (Lipinski definition) is 7. The van der Waals surface area contributed by atoms with E-state index in [1.54, 1.807) is 33.8 Å². The molecule has 4 heterocycles. The molecule has 2 aliphatic rings. The summed E-state index contributed by atoms with van der Waals surface area (Å²) in [5.74, 6) is 0.765. The van der Waals surface area contributed by atoms with E-state index in [2.05, 4.69) is 32.7 Å². The zero-order valence-corrected chi connectivity index (χ0v) is 18.2. The number of rotatable bonds is 5. The van der Waals surface area contributed by atoms with Gasteiger partial charge in [0.15, 0.2) is 17.2 Å². The van der Waals surface area contributed by atoms with Crippen molar-refractivity contribution in [1.29, 1.82) is 0 Å². The van der Waals surface area contributed by atoms with Crippen LogP contribution in [0.5, 0.6) is 0 Å². The van der Waals surface area contributed by atoms with E-state index in [1.165, 1.54) is 18.1 Å². The van der Waals surface area contributed by atoms with Gasteiger partial charge in [0.05, 0.1) is 6.04 Å². The Morgan fingerprint density at radius 3 is 2.85 bits per heavy atom. The highest BCUT2D eigenvalue weighted by atomic mass is 16.1. The van der Waals surface area contributed by atoms with Crippen molar-refractivity contribution in [3.05, 3.63) is 69.8 Å². The Hall–Kier alpha value is -3.85. The average molecular weight is 441 g/mol. The number of aromatic nitrogens is 5. The molecule has 0 amide bonds. The molecule has 166 valence electrons. The topological polar surface area (TPSA) is 107 Å². The molecule has 1 aromatic carbocycles. The molecular formula is C24H23N7O2. The molecule has 1 fully saturated rings. The van der Waals surface area contributed by atoms with Gasteiger partial charge in [-0.3, -0.25) is 9.59 Å². The number of pyridine rings is 1. The van der Waals surface area contributed by atoms with E-state index in [0.29, 0.717) is 28.5 Å². The number of nitrogens with one attached hydrogen (secondary N) is 2. The Kier molecular flexibility index (Phi) is 4.58. The lowest BCUT2D eigenvalue weighted by Crippen LogP contribution is -2.23. The number of fused-ring (bicyclic) bond motifs is 2. The second-order valence-electron chi connectivity index (χ2n) is 8.60. The van der Waals surface area contributed by atoms with Gasteiger partial charge < -0.3 is 10.6 Å². The summed E-state index contributed by atoms with van der Waals surface area (Å²) in [6.07, 6.45) is 4.39. The van der Waals surface area contributed by atoms with Crippen LogP contribution in [0.3, 0.4) is 0 Å². The van der Waals surface area contributed by atoms with Gasteiger partial charge in [-0.2, -0.15) is 4.98 Å². The van der Waals surface area contributed by atoms with Crippen LogP contribution in [0.15, 0.2) is 47.4 Å². The van der Waals surface area contributed by atoms with Crippen molar-refractivity contribution >= 4 is 28.5 Å². The monoisotopic (exact) mass is 441 g/mol. The number of ketones is 1. The van der Waals surface area contributed by atoms with Crippen molar-refractivity contribution in [2.24, 2.45) is 0 Å². The molecule has 0 radical (unpaired) electrons. The lowest BCUT2D eigenvalue weighted by molar-refractivity contribution is 0.101. The summed E-state index contributed by atoms with van der Waals surface area (Å²) in [6, 6.07) is 11.6. The minimum absolute atomic E-state index is 0.0974. The van der Waals surface area contributed by atoms with Crippen molar-refractivity contribution in [1.82, 2.24) is 29.6 Å². The van der Waals surface area contributed by atoms with Crippen molar-refractivity contribution in [3.63, 3.8) is 0 Å². The van der Waals surface area contributed by atoms with Crippen LogP contribution in [0.4, 0.5) is 11.6 Å². The van der Waals surface area contributed by atoms with E-state index < -0.39 is 0 Å². The molecule has 6 rings (SSSR count). The standard InChI is InChI=1S/C24H23N7O2/c1-14(32)20-3-2-4-21(28-20)31-22-19(23(33)30(31)18-7-8-18)13-26-24(29-22)27-17-6-5-16-12-25-10-9-15(16)11-17/h2-6,11,13,18,25H,7-10,12H2,1H3,(H,26,27,29). The lowest BCUT2D eigenvalue weighted by atomic mass is 10.0. The number of carbonyl (C=O) groups excluding carboxylic acids is 1. The first-order valence-electron chi connectivity index (χ1n) is 11.2. The number of Topliss-reactive ketones (excluding diaryl/α,β-unsaturated/α-hetero) is 1. The fraction of sp³-hybridized carbons (Fsp3) is 0.292. The molecule has 4 aromatic rings. The first-order chi connectivity index (χ1) is 16.1. The molecule has 0 atom stereocenters. The smallest absolute Gasteiger partial charge is 0.278 e. The first-order valence-corrected chi connectivity index (χ1v) is 11.2. The quantitative estimate of drug-likeness (QED) is 0.459. The van der Waals surface area contributed by atoms with E-state index in [0.717, 1.165) is 38.0 Å². The molecule has 3 aromatic heterocycles. The van der Waals surface area contributed by atoms with Gasteiger partial charge >= 0.3 is 0 Å². The number of carbonyl (C=O) groups is 1. The number of benzene rings is 1. The van der Waals surface area contributed by atoms with Crippen molar-refractivity contribution < 1.29 is 4.79 Å². The lowest BCUT2D eigenvalue weighted by Gasteiger charge is -2.18. The molecule has 1 aliphatic heterocycles. The number of nitrogens with zero attached hydrogens (tertiary/aromatic N) is 5. The molecule has 9 nitrogen and oxygen atoms in total. The number of anilines is 2. The van der Waals surface area contributed by atoms with Crippen LogP contribution in [-0.4, -0.2) is 36.6 Å². The molecule has 9 heteroatoms. The van der Waals surface area contributed by atoms with Crippen molar-refractivity contribution in [2.45, 2.75) is 38.8 Å². The predicted octanol–water partition coefficient (Wildman–Crippen LogP) is 2.90. The Bertz CT molecular complexity index is 1470. The summed E-state index contributed by atoms with van der Waals surface area (Å²) in [4.78, 5) is 38.7. The van der Waals surface area contributed by atoms with Crippen LogP contribution in [0, 0.1) is 0 Å². The molecule has 0 bridgehead atoms. The molecule has 2 N–H and O–H groups in total. The molecule has 1 aliphatic carbocycles. The second-order valence-corrected chi connectivity index (χ2v) is 8.60. The van der Waals surface area contributed by atoms with Crippen LogP contribution in [0.25, 0.3) is 16.9 Å². The van der Waals surface area contributed by atoms with Gasteiger partial charge in [-0.1, -0.05) is 12.1 Å². The highest BCUT2D eigenvalue weighted by Crippen LogP contribution is 2.35. The van der Waals surface area contributed by atoms with E-state index >= 15 is 0 Å². The maximum Gasteiger partial charge on any atom is 0.278 e. The third-order valence-corrected chi connectivity index (χ3v) is 6.18. The highest BCUT2D eigenvalue weighted by molar-refractivity contribution is 5.92. The van der Waals surface area contributed by atoms with Gasteiger partial charge in [-0.15, -0.1) is 0 Å². The van der Waals surface area contributed by atoms with Crippen molar-refractivity contribution in [2.75, 3.05) is 11.9 Å². The third-order valence-electron chi connectivity index (χ3n) is 6.18. The van der Waals surface area contributed by atoms with Gasteiger partial charge in [-0.05, 0) is 61.2 Å². The minimum Gasteiger partial charge on any atom is -0.324 e. The maximum atomic E-state index is 13.2. The largest absolute Gasteiger partial charge is 0.324 e. The molecule has 0 saturated heterocycles. The van der Waals surface area contributed by atoms with Gasteiger partial charge in [0.25, 0.3) is 5.56 Å². The normalized spacial score (nSPS) is 15.4. The Balaban J connectivity index is 1.46. The van der Waals surface area contributed by atoms with E-state index in [1.807, 2.05) is 6.07 Å². The summed E-state index contributed by atoms with van der Waals surface area (Å²) >= 11 is 0. The highest BCUT2D eigenvalue weighted by Gasteiger charge is 2.31. The van der Waals surface area contributed by atoms with Gasteiger partial charge in [0.2, 0.25) is 5.95 Å². The Labute approximate surface area is 189 Å². The molecule has 0 spiro atoms. The van der Waals surface area contributed by atoms with Crippen LogP contribution in [0.1, 0.15) is 47.4 Å². The SMILES string of the molecule is CC(=O)c1cccc(-n2c3nc(Nc4ccc5c(c4)CCNC5)ncc3c(=O)n2C2CC2)n1. The zero-order valence-electron chi connectivity index (χ0n) is 18.2. The van der Waals surface area contributed by atoms with Gasteiger partial charge in [0.1, 0.15) is 11.1 Å². The van der Waals surface area contributed by atoms with Gasteiger partial charge in [-0.25, -0.2) is 19.3 Å². The summed E-state index contributed by atoms with van der Waals surface area (Å²) in [5, 5.41) is 7.09. The second kappa shape index (κ2) is 7.63. The fourth-order valence-electron chi connectivity index (χ4n) is 4.35. The third kappa shape index (κ3) is 3.50. The average Bonchev–Trinajstić information content (AvgIpc) is 3.63. The Morgan fingerprint density at radius 1 is 1.15 bits per heavy atom. The van der Waals surface area contributed by atoms with Crippen molar-refractivity contribution in [3.8, 4) is 5.82 Å². The van der Waals surface area contributed by atoms with E-state index in [4.69, 9.17) is 4.98 Å². The minimum atomic E-state index is -0.143. The number of hydrogen-bond donors (Lipinski definition) is 2. The van der Waals surface area contributed by atoms with Crippen LogP contribution >= 0.6 is 0 Å². The summed E-state index contributed by atoms with van der Waals surface area (Å²) < 4.78 is 3.43. The molecule has 0 unspecified atom stereocenters. The zero-order chi connectivity index (χ0) is 22.5.